The summed E-state index contributed by atoms with van der Waals surface area (Å²) in [6, 6.07) is 15.6. The highest BCUT2D eigenvalue weighted by Crippen LogP contribution is 2.27. The van der Waals surface area contributed by atoms with Crippen LogP contribution in [0.5, 0.6) is 5.75 Å². The van der Waals surface area contributed by atoms with Gasteiger partial charge in [0, 0.05) is 10.6 Å². The Morgan fingerprint density at radius 3 is 2.68 bits per heavy atom. The van der Waals surface area contributed by atoms with Crippen molar-refractivity contribution in [3.8, 4) is 17.0 Å². The van der Waals surface area contributed by atoms with Crippen LogP contribution in [-0.4, -0.2) is 21.2 Å². The molecule has 0 fully saturated rings. The van der Waals surface area contributed by atoms with Gasteiger partial charge in [0.15, 0.2) is 0 Å². The van der Waals surface area contributed by atoms with E-state index in [9.17, 15) is 9.90 Å². The molecule has 1 amide bonds. The van der Waals surface area contributed by atoms with Crippen LogP contribution in [0.15, 0.2) is 54.6 Å². The summed E-state index contributed by atoms with van der Waals surface area (Å²) >= 11 is 5.85. The molecule has 0 unspecified atom stereocenters. The molecule has 0 aliphatic rings. The number of nitrogens with one attached hydrogen (secondary N) is 2. The molecule has 0 saturated carbocycles. The largest absolute Gasteiger partial charge is 0.506 e. The number of carbonyl (C=O) groups is 1. The number of carbonyl (C=O) groups excluding carboxylic acids is 1. The quantitative estimate of drug-likeness (QED) is 0.645. The monoisotopic (exact) mass is 313 g/mol. The Bertz CT molecular complexity index is 815. The Morgan fingerprint density at radius 2 is 1.91 bits per heavy atom. The maximum atomic E-state index is 12.2. The molecule has 3 rings (SSSR count). The molecule has 5 nitrogen and oxygen atoms in total. The maximum Gasteiger partial charge on any atom is 0.273 e. The van der Waals surface area contributed by atoms with Crippen LogP contribution in [0.25, 0.3) is 11.3 Å². The summed E-state index contributed by atoms with van der Waals surface area (Å²) in [4.78, 5) is 12.2. The second-order valence-corrected chi connectivity index (χ2v) is 5.08. The van der Waals surface area contributed by atoms with Gasteiger partial charge in [-0.25, -0.2) is 0 Å². The van der Waals surface area contributed by atoms with E-state index in [2.05, 4.69) is 15.5 Å². The number of aromatic amines is 1. The summed E-state index contributed by atoms with van der Waals surface area (Å²) in [6.45, 7) is 0. The molecule has 0 spiro atoms. The van der Waals surface area contributed by atoms with Crippen LogP contribution in [0.1, 0.15) is 10.5 Å². The third-order valence-corrected chi connectivity index (χ3v) is 3.33. The first kappa shape index (κ1) is 14.2. The van der Waals surface area contributed by atoms with Crippen LogP contribution in [0, 0.1) is 0 Å². The first-order chi connectivity index (χ1) is 10.6. The SMILES string of the molecule is O=C(Nc1cc(Cl)ccc1O)c1cc(-c2ccccc2)n[nH]1. The molecule has 22 heavy (non-hydrogen) atoms. The lowest BCUT2D eigenvalue weighted by atomic mass is 10.1. The lowest BCUT2D eigenvalue weighted by Crippen LogP contribution is -2.12. The van der Waals surface area contributed by atoms with E-state index in [-0.39, 0.29) is 11.4 Å². The van der Waals surface area contributed by atoms with Crippen molar-refractivity contribution in [3.05, 3.63) is 65.3 Å². The zero-order valence-electron chi connectivity index (χ0n) is 11.4. The Morgan fingerprint density at radius 1 is 1.14 bits per heavy atom. The molecule has 0 saturated heterocycles. The zero-order chi connectivity index (χ0) is 15.5. The predicted molar refractivity (Wildman–Crippen MR) is 85.1 cm³/mol. The third kappa shape index (κ3) is 2.94. The average Bonchev–Trinajstić information content (AvgIpc) is 3.02. The summed E-state index contributed by atoms with van der Waals surface area (Å²) < 4.78 is 0. The highest BCUT2D eigenvalue weighted by molar-refractivity contribution is 6.31. The van der Waals surface area contributed by atoms with Crippen LogP contribution in [0.2, 0.25) is 5.02 Å². The topological polar surface area (TPSA) is 78.0 Å². The second kappa shape index (κ2) is 5.91. The molecule has 110 valence electrons. The normalized spacial score (nSPS) is 10.4. The molecule has 0 atom stereocenters. The minimum Gasteiger partial charge on any atom is -0.506 e. The third-order valence-electron chi connectivity index (χ3n) is 3.10. The van der Waals surface area contributed by atoms with Gasteiger partial charge < -0.3 is 10.4 Å². The van der Waals surface area contributed by atoms with Crippen LogP contribution in [-0.2, 0) is 0 Å². The number of phenols is 1. The number of anilines is 1. The van der Waals surface area contributed by atoms with Gasteiger partial charge in [0.1, 0.15) is 11.4 Å². The second-order valence-electron chi connectivity index (χ2n) is 4.65. The van der Waals surface area contributed by atoms with Crippen molar-refractivity contribution < 1.29 is 9.90 Å². The fourth-order valence-corrected chi connectivity index (χ4v) is 2.16. The highest BCUT2D eigenvalue weighted by atomic mass is 35.5. The van der Waals surface area contributed by atoms with Gasteiger partial charge in [0.05, 0.1) is 11.4 Å². The van der Waals surface area contributed by atoms with Gasteiger partial charge in [-0.2, -0.15) is 5.10 Å². The molecule has 1 heterocycles. The van der Waals surface area contributed by atoms with E-state index in [1.165, 1.54) is 18.2 Å². The van der Waals surface area contributed by atoms with Crippen molar-refractivity contribution in [1.82, 2.24) is 10.2 Å². The summed E-state index contributed by atoms with van der Waals surface area (Å²) in [5.41, 5.74) is 2.11. The number of aromatic nitrogens is 2. The molecule has 3 aromatic rings. The van der Waals surface area contributed by atoms with Crippen molar-refractivity contribution in [2.75, 3.05) is 5.32 Å². The summed E-state index contributed by atoms with van der Waals surface area (Å²) in [5.74, 6) is -0.465. The van der Waals surface area contributed by atoms with Crippen molar-refractivity contribution >= 4 is 23.2 Å². The highest BCUT2D eigenvalue weighted by Gasteiger charge is 2.13. The molecule has 0 bridgehead atoms. The molecular formula is C16H12ClN3O2. The molecule has 2 aromatic carbocycles. The molecule has 3 N–H and O–H groups in total. The molecule has 1 aromatic heterocycles. The summed E-state index contributed by atoms with van der Waals surface area (Å²) in [6.07, 6.45) is 0. The van der Waals surface area contributed by atoms with E-state index in [1.807, 2.05) is 30.3 Å². The number of rotatable bonds is 3. The van der Waals surface area contributed by atoms with E-state index >= 15 is 0 Å². The van der Waals surface area contributed by atoms with E-state index in [1.54, 1.807) is 6.07 Å². The first-order valence-corrected chi connectivity index (χ1v) is 6.92. The van der Waals surface area contributed by atoms with Crippen molar-refractivity contribution in [3.63, 3.8) is 0 Å². The van der Waals surface area contributed by atoms with Gasteiger partial charge in [-0.05, 0) is 24.3 Å². The van der Waals surface area contributed by atoms with Gasteiger partial charge in [-0.1, -0.05) is 41.9 Å². The van der Waals surface area contributed by atoms with Gasteiger partial charge in [-0.15, -0.1) is 0 Å². The number of hydrogen-bond acceptors (Lipinski definition) is 3. The summed E-state index contributed by atoms with van der Waals surface area (Å²) in [7, 11) is 0. The Balaban J connectivity index is 1.81. The van der Waals surface area contributed by atoms with E-state index < -0.39 is 5.91 Å². The molecule has 0 aliphatic carbocycles. The zero-order valence-corrected chi connectivity index (χ0v) is 12.1. The lowest BCUT2D eigenvalue weighted by Gasteiger charge is -2.06. The van der Waals surface area contributed by atoms with E-state index in [0.29, 0.717) is 16.4 Å². The number of nitrogens with zero attached hydrogens (tertiary/aromatic N) is 1. The molecule has 6 heteroatoms. The van der Waals surface area contributed by atoms with Crippen molar-refractivity contribution in [2.24, 2.45) is 0 Å². The number of amides is 1. The van der Waals surface area contributed by atoms with Crippen molar-refractivity contribution in [1.29, 1.82) is 0 Å². The number of halogens is 1. The number of hydrogen-bond donors (Lipinski definition) is 3. The van der Waals surface area contributed by atoms with Gasteiger partial charge >= 0.3 is 0 Å². The van der Waals surface area contributed by atoms with Crippen LogP contribution in [0.3, 0.4) is 0 Å². The Kier molecular flexibility index (Phi) is 3.80. The number of phenolic OH excluding ortho intramolecular Hbond substituents is 1. The Labute approximate surface area is 131 Å². The first-order valence-electron chi connectivity index (χ1n) is 6.54. The fraction of sp³-hybridized carbons (Fsp3) is 0. The van der Waals surface area contributed by atoms with Gasteiger partial charge in [0.2, 0.25) is 0 Å². The van der Waals surface area contributed by atoms with Crippen molar-refractivity contribution in [2.45, 2.75) is 0 Å². The Hall–Kier alpha value is -2.79. The fourth-order valence-electron chi connectivity index (χ4n) is 1.99. The van der Waals surface area contributed by atoms with Gasteiger partial charge in [0.25, 0.3) is 5.91 Å². The standard InChI is InChI=1S/C16H12ClN3O2/c17-11-6-7-15(21)13(8-11)18-16(22)14-9-12(19-20-14)10-4-2-1-3-5-10/h1-9,21H,(H,18,22)(H,19,20). The molecule has 0 aliphatic heterocycles. The lowest BCUT2D eigenvalue weighted by molar-refractivity contribution is 0.102. The molecule has 0 radical (unpaired) electrons. The van der Waals surface area contributed by atoms with Gasteiger partial charge in [-0.3, -0.25) is 9.89 Å². The minimum absolute atomic E-state index is 0.0550. The summed E-state index contributed by atoms with van der Waals surface area (Å²) in [5, 5.41) is 19.5. The number of H-pyrrole nitrogens is 1. The number of aromatic hydroxyl groups is 1. The van der Waals surface area contributed by atoms with Crippen LogP contribution in [0.4, 0.5) is 5.69 Å². The van der Waals surface area contributed by atoms with E-state index in [0.717, 1.165) is 5.56 Å². The van der Waals surface area contributed by atoms with Crippen LogP contribution < -0.4 is 5.32 Å². The minimum atomic E-state index is -0.410. The predicted octanol–water partition coefficient (Wildman–Crippen LogP) is 3.69. The smallest absolute Gasteiger partial charge is 0.273 e. The molecular weight excluding hydrogens is 302 g/mol. The van der Waals surface area contributed by atoms with Crippen LogP contribution >= 0.6 is 11.6 Å². The van der Waals surface area contributed by atoms with E-state index in [4.69, 9.17) is 11.6 Å². The maximum absolute atomic E-state index is 12.2. The average molecular weight is 314 g/mol. The number of benzene rings is 2.